The number of aromatic nitrogens is 5. The van der Waals surface area contributed by atoms with E-state index in [9.17, 15) is 0 Å². The Kier molecular flexibility index (Phi) is 3.96. The number of benzene rings is 1. The molecule has 0 fully saturated rings. The van der Waals surface area contributed by atoms with Crippen LogP contribution in [0.2, 0.25) is 0 Å². The molecule has 1 aromatic carbocycles. The second-order valence-corrected chi connectivity index (χ2v) is 5.17. The maximum atomic E-state index is 4.61. The SMILES string of the molecule is Cl.Cn1nc(-c2ccccc2)cc1-c1nnc2n1CCNC2. The lowest BCUT2D eigenvalue weighted by Crippen LogP contribution is -2.28. The van der Waals surface area contributed by atoms with Gasteiger partial charge in [0.25, 0.3) is 0 Å². The first-order valence-electron chi connectivity index (χ1n) is 7.05. The Morgan fingerprint density at radius 3 is 2.77 bits per heavy atom. The summed E-state index contributed by atoms with van der Waals surface area (Å²) < 4.78 is 4.05. The molecule has 7 heteroatoms. The predicted octanol–water partition coefficient (Wildman–Crippen LogP) is 1.87. The molecule has 0 aliphatic carbocycles. The Labute approximate surface area is 134 Å². The fourth-order valence-electron chi connectivity index (χ4n) is 2.71. The van der Waals surface area contributed by atoms with Gasteiger partial charge in [-0.25, -0.2) is 0 Å². The lowest BCUT2D eigenvalue weighted by atomic mass is 10.1. The predicted molar refractivity (Wildman–Crippen MR) is 86.6 cm³/mol. The molecule has 6 nitrogen and oxygen atoms in total. The van der Waals surface area contributed by atoms with Crippen LogP contribution >= 0.6 is 12.4 Å². The molecule has 4 rings (SSSR count). The Bertz CT molecular complexity index is 777. The van der Waals surface area contributed by atoms with Crippen molar-refractivity contribution in [1.82, 2.24) is 29.9 Å². The van der Waals surface area contributed by atoms with Crippen LogP contribution in [0, 0.1) is 0 Å². The summed E-state index contributed by atoms with van der Waals surface area (Å²) in [5, 5.41) is 16.5. The number of hydrogen-bond acceptors (Lipinski definition) is 4. The highest BCUT2D eigenvalue weighted by Gasteiger charge is 2.19. The lowest BCUT2D eigenvalue weighted by molar-refractivity contribution is 0.507. The van der Waals surface area contributed by atoms with Crippen molar-refractivity contribution >= 4 is 12.4 Å². The van der Waals surface area contributed by atoms with Crippen molar-refractivity contribution in [3.8, 4) is 22.8 Å². The Hall–Kier alpha value is -2.18. The van der Waals surface area contributed by atoms with Gasteiger partial charge in [-0.05, 0) is 6.07 Å². The molecule has 114 valence electrons. The normalized spacial score (nSPS) is 13.5. The van der Waals surface area contributed by atoms with Crippen LogP contribution < -0.4 is 5.32 Å². The number of aryl methyl sites for hydroxylation is 1. The van der Waals surface area contributed by atoms with Crippen molar-refractivity contribution < 1.29 is 0 Å². The Balaban J connectivity index is 0.00000144. The standard InChI is InChI=1S/C15H16N6.ClH/c1-20-13(9-12(19-20)11-5-3-2-4-6-11)15-18-17-14-10-16-7-8-21(14)15;/h2-6,9,16H,7-8,10H2,1H3;1H. The molecule has 0 bridgehead atoms. The van der Waals surface area contributed by atoms with Crippen LogP contribution in [0.3, 0.4) is 0 Å². The summed E-state index contributed by atoms with van der Waals surface area (Å²) in [5.41, 5.74) is 3.06. The van der Waals surface area contributed by atoms with Crippen LogP contribution in [0.1, 0.15) is 5.82 Å². The van der Waals surface area contributed by atoms with Crippen molar-refractivity contribution in [2.45, 2.75) is 13.1 Å². The molecule has 0 radical (unpaired) electrons. The highest BCUT2D eigenvalue weighted by atomic mass is 35.5. The molecule has 3 heterocycles. The van der Waals surface area contributed by atoms with Crippen LogP contribution in [0.15, 0.2) is 36.4 Å². The van der Waals surface area contributed by atoms with E-state index in [0.29, 0.717) is 0 Å². The highest BCUT2D eigenvalue weighted by molar-refractivity contribution is 5.85. The van der Waals surface area contributed by atoms with Crippen LogP contribution in [-0.2, 0) is 20.1 Å². The maximum Gasteiger partial charge on any atom is 0.182 e. The van der Waals surface area contributed by atoms with E-state index in [1.165, 1.54) is 0 Å². The molecule has 0 spiro atoms. The smallest absolute Gasteiger partial charge is 0.182 e. The molecule has 0 saturated heterocycles. The second kappa shape index (κ2) is 5.90. The molecule has 1 N–H and O–H groups in total. The van der Waals surface area contributed by atoms with Gasteiger partial charge in [0.05, 0.1) is 12.2 Å². The molecular formula is C15H17ClN6. The van der Waals surface area contributed by atoms with Crippen LogP contribution in [-0.4, -0.2) is 31.1 Å². The number of hydrogen-bond donors (Lipinski definition) is 1. The van der Waals surface area contributed by atoms with E-state index in [1.54, 1.807) is 0 Å². The fourth-order valence-corrected chi connectivity index (χ4v) is 2.71. The average Bonchev–Trinajstić information content (AvgIpc) is 3.11. The summed E-state index contributed by atoms with van der Waals surface area (Å²) in [7, 11) is 1.95. The summed E-state index contributed by atoms with van der Waals surface area (Å²) in [5.74, 6) is 1.88. The van der Waals surface area contributed by atoms with E-state index >= 15 is 0 Å². The Morgan fingerprint density at radius 1 is 1.14 bits per heavy atom. The number of nitrogens with one attached hydrogen (secondary N) is 1. The largest absolute Gasteiger partial charge is 0.308 e. The van der Waals surface area contributed by atoms with Crippen molar-refractivity contribution in [2.75, 3.05) is 6.54 Å². The van der Waals surface area contributed by atoms with Crippen LogP contribution in [0.5, 0.6) is 0 Å². The molecule has 0 saturated carbocycles. The Morgan fingerprint density at radius 2 is 1.95 bits per heavy atom. The van der Waals surface area contributed by atoms with E-state index in [2.05, 4.69) is 43.4 Å². The summed E-state index contributed by atoms with van der Waals surface area (Å²) in [6, 6.07) is 12.3. The van der Waals surface area contributed by atoms with Crippen molar-refractivity contribution in [3.63, 3.8) is 0 Å². The lowest BCUT2D eigenvalue weighted by Gasteiger charge is -2.15. The summed E-state index contributed by atoms with van der Waals surface area (Å²) in [4.78, 5) is 0. The minimum atomic E-state index is 0. The van der Waals surface area contributed by atoms with E-state index in [-0.39, 0.29) is 12.4 Å². The minimum Gasteiger partial charge on any atom is -0.308 e. The monoisotopic (exact) mass is 316 g/mol. The third-order valence-corrected chi connectivity index (χ3v) is 3.80. The summed E-state index contributed by atoms with van der Waals surface area (Å²) in [6.07, 6.45) is 0. The van der Waals surface area contributed by atoms with Crippen molar-refractivity contribution in [2.24, 2.45) is 7.05 Å². The van der Waals surface area contributed by atoms with Crippen LogP contribution in [0.4, 0.5) is 0 Å². The molecule has 1 aliphatic rings. The van der Waals surface area contributed by atoms with Gasteiger partial charge < -0.3 is 9.88 Å². The highest BCUT2D eigenvalue weighted by Crippen LogP contribution is 2.25. The van der Waals surface area contributed by atoms with Gasteiger partial charge in [-0.3, -0.25) is 4.68 Å². The van der Waals surface area contributed by atoms with E-state index < -0.39 is 0 Å². The molecular weight excluding hydrogens is 300 g/mol. The van der Waals surface area contributed by atoms with Gasteiger partial charge in [-0.1, -0.05) is 30.3 Å². The quantitative estimate of drug-likeness (QED) is 0.784. The zero-order valence-corrected chi connectivity index (χ0v) is 13.0. The molecule has 2 aromatic heterocycles. The van der Waals surface area contributed by atoms with E-state index in [4.69, 9.17) is 0 Å². The van der Waals surface area contributed by atoms with Gasteiger partial charge in [0.2, 0.25) is 0 Å². The van der Waals surface area contributed by atoms with Gasteiger partial charge in [0, 0.05) is 25.7 Å². The number of rotatable bonds is 2. The topological polar surface area (TPSA) is 60.6 Å². The van der Waals surface area contributed by atoms with Crippen molar-refractivity contribution in [1.29, 1.82) is 0 Å². The van der Waals surface area contributed by atoms with Crippen molar-refractivity contribution in [3.05, 3.63) is 42.2 Å². The molecule has 1 aliphatic heterocycles. The zero-order valence-electron chi connectivity index (χ0n) is 12.2. The van der Waals surface area contributed by atoms with Crippen LogP contribution in [0.25, 0.3) is 22.8 Å². The molecule has 22 heavy (non-hydrogen) atoms. The van der Waals surface area contributed by atoms with E-state index in [1.807, 2.05) is 29.9 Å². The summed E-state index contributed by atoms with van der Waals surface area (Å²) >= 11 is 0. The van der Waals surface area contributed by atoms with E-state index in [0.717, 1.165) is 48.2 Å². The minimum absolute atomic E-state index is 0. The maximum absolute atomic E-state index is 4.61. The first-order valence-corrected chi connectivity index (χ1v) is 7.05. The van der Waals surface area contributed by atoms with Gasteiger partial charge in [0.15, 0.2) is 5.82 Å². The van der Waals surface area contributed by atoms with Gasteiger partial charge in [-0.2, -0.15) is 5.10 Å². The number of fused-ring (bicyclic) bond motifs is 1. The third-order valence-electron chi connectivity index (χ3n) is 3.80. The van der Waals surface area contributed by atoms with Gasteiger partial charge in [-0.15, -0.1) is 22.6 Å². The molecule has 3 aromatic rings. The fraction of sp³-hybridized carbons (Fsp3) is 0.267. The number of nitrogens with zero attached hydrogens (tertiary/aromatic N) is 5. The first kappa shape index (κ1) is 14.7. The zero-order chi connectivity index (χ0) is 14.2. The second-order valence-electron chi connectivity index (χ2n) is 5.17. The summed E-state index contributed by atoms with van der Waals surface area (Å²) in [6.45, 7) is 2.61. The van der Waals surface area contributed by atoms with Gasteiger partial charge in [0.1, 0.15) is 11.5 Å². The van der Waals surface area contributed by atoms with Gasteiger partial charge >= 0.3 is 0 Å². The third kappa shape index (κ3) is 2.40. The first-order chi connectivity index (χ1) is 10.3. The molecule has 0 unspecified atom stereocenters. The number of halogens is 1. The average molecular weight is 317 g/mol. The molecule has 0 amide bonds. The molecule has 0 atom stereocenters.